The molecule has 2 N–H and O–H groups in total. The number of carbonyl (C=O) groups is 1. The third-order valence-corrected chi connectivity index (χ3v) is 6.75. The second-order valence-corrected chi connectivity index (χ2v) is 10.00. The minimum atomic E-state index is 0.0960. The summed E-state index contributed by atoms with van der Waals surface area (Å²) in [5.41, 5.74) is 2.50. The van der Waals surface area contributed by atoms with E-state index in [1.54, 1.807) is 11.3 Å². The minimum Gasteiger partial charge on any atom is -0.338 e. The van der Waals surface area contributed by atoms with E-state index in [1.165, 1.54) is 0 Å². The lowest BCUT2D eigenvalue weighted by atomic mass is 10.0. The molecule has 1 aliphatic heterocycles. The number of benzene rings is 2. The zero-order valence-electron chi connectivity index (χ0n) is 20.3. The molecule has 2 aromatic heterocycles. The number of hydrogen-bond donors (Lipinski definition) is 2. The number of carbonyl (C=O) groups excluding carboxylic acids is 1. The topological polar surface area (TPSA) is 99.2 Å². The Balaban J connectivity index is 1.33. The van der Waals surface area contributed by atoms with E-state index in [-0.39, 0.29) is 5.78 Å². The number of rotatable bonds is 8. The Hall–Kier alpha value is -3.89. The lowest BCUT2D eigenvalue weighted by molar-refractivity contribution is 0.0993. The fourth-order valence-corrected chi connectivity index (χ4v) is 4.54. The molecule has 2 aromatic carbocycles. The van der Waals surface area contributed by atoms with Crippen molar-refractivity contribution in [3.05, 3.63) is 76.8 Å². The summed E-state index contributed by atoms with van der Waals surface area (Å²) in [6.07, 6.45) is 2.17. The molecule has 10 heteroatoms. The van der Waals surface area contributed by atoms with Crippen molar-refractivity contribution in [2.45, 2.75) is 13.3 Å². The van der Waals surface area contributed by atoms with Gasteiger partial charge in [0.25, 0.3) is 0 Å². The number of thiazole rings is 1. The Morgan fingerprint density at radius 3 is 2.28 bits per heavy atom. The number of likely N-dealkylation sites (N-methyl/N-ethyl adjacent to an activating group) is 1. The summed E-state index contributed by atoms with van der Waals surface area (Å²) < 4.78 is 0. The minimum absolute atomic E-state index is 0.0960. The van der Waals surface area contributed by atoms with Crippen LogP contribution in [0.5, 0.6) is 0 Å². The smallest absolute Gasteiger partial charge is 0.235 e. The van der Waals surface area contributed by atoms with Gasteiger partial charge in [0.1, 0.15) is 0 Å². The Morgan fingerprint density at radius 2 is 1.61 bits per heavy atom. The third kappa shape index (κ3) is 6.02. The molecule has 0 saturated carbocycles. The molecule has 0 atom stereocenters. The van der Waals surface area contributed by atoms with E-state index in [2.05, 4.69) is 42.4 Å². The molecule has 36 heavy (non-hydrogen) atoms. The number of ketones is 1. The first-order chi connectivity index (χ1) is 17.5. The van der Waals surface area contributed by atoms with Gasteiger partial charge in [-0.1, -0.05) is 42.5 Å². The highest BCUT2D eigenvalue weighted by molar-refractivity contribution is 7.15. The molecule has 0 amide bonds. The van der Waals surface area contributed by atoms with E-state index in [0.717, 1.165) is 53.0 Å². The van der Waals surface area contributed by atoms with Gasteiger partial charge in [0.2, 0.25) is 17.8 Å². The lowest BCUT2D eigenvalue weighted by Gasteiger charge is -2.32. The van der Waals surface area contributed by atoms with E-state index in [1.807, 2.05) is 67.7 Å². The maximum absolute atomic E-state index is 12.5. The summed E-state index contributed by atoms with van der Waals surface area (Å²) in [6.45, 7) is 5.61. The van der Waals surface area contributed by atoms with Crippen molar-refractivity contribution in [1.29, 1.82) is 0 Å². The number of piperazine rings is 1. The van der Waals surface area contributed by atoms with Gasteiger partial charge in [0.05, 0.1) is 0 Å². The summed E-state index contributed by atoms with van der Waals surface area (Å²) >= 11 is 1.55. The van der Waals surface area contributed by atoms with E-state index < -0.39 is 0 Å². The standard InChI is InChI=1S/C26H28N8OS/c1-18-17-27-26(36-18)32-24-29-23(30-25(31-24)34-14-12-33(2)13-15-34)28-21-10-8-19(9-11-21)16-22(35)20-6-4-3-5-7-20/h3-11,17H,12-16H2,1-2H3,(H2,27,28,29,30,31,32). The average molecular weight is 501 g/mol. The molecule has 1 fully saturated rings. The fourth-order valence-electron chi connectivity index (χ4n) is 3.88. The molecular weight excluding hydrogens is 472 g/mol. The van der Waals surface area contributed by atoms with E-state index in [9.17, 15) is 4.79 Å². The van der Waals surface area contributed by atoms with Gasteiger partial charge in [-0.05, 0) is 31.7 Å². The first-order valence-electron chi connectivity index (χ1n) is 11.8. The highest BCUT2D eigenvalue weighted by atomic mass is 32.1. The number of aromatic nitrogens is 4. The van der Waals surface area contributed by atoms with Crippen molar-refractivity contribution in [3.63, 3.8) is 0 Å². The number of nitrogens with zero attached hydrogens (tertiary/aromatic N) is 6. The molecule has 184 valence electrons. The van der Waals surface area contributed by atoms with Crippen molar-refractivity contribution >= 4 is 45.8 Å². The van der Waals surface area contributed by atoms with Crippen molar-refractivity contribution in [3.8, 4) is 0 Å². The number of hydrogen-bond acceptors (Lipinski definition) is 10. The maximum Gasteiger partial charge on any atom is 0.235 e. The lowest BCUT2D eigenvalue weighted by Crippen LogP contribution is -2.45. The van der Waals surface area contributed by atoms with Crippen LogP contribution >= 0.6 is 11.3 Å². The molecule has 0 radical (unpaired) electrons. The van der Waals surface area contributed by atoms with Gasteiger partial charge in [-0.3, -0.25) is 10.1 Å². The van der Waals surface area contributed by atoms with Gasteiger partial charge < -0.3 is 15.1 Å². The summed E-state index contributed by atoms with van der Waals surface area (Å²) in [5, 5.41) is 7.25. The molecule has 0 unspecified atom stereocenters. The number of anilines is 5. The predicted octanol–water partition coefficient (Wildman–Crippen LogP) is 4.30. The van der Waals surface area contributed by atoms with Gasteiger partial charge in [0.15, 0.2) is 10.9 Å². The van der Waals surface area contributed by atoms with Gasteiger partial charge >= 0.3 is 0 Å². The van der Waals surface area contributed by atoms with Gasteiger partial charge in [-0.15, -0.1) is 11.3 Å². The first kappa shape index (κ1) is 23.8. The van der Waals surface area contributed by atoms with Crippen LogP contribution in [0.2, 0.25) is 0 Å². The Bertz CT molecular complexity index is 1320. The molecule has 3 heterocycles. The van der Waals surface area contributed by atoms with Crippen LogP contribution in [0.3, 0.4) is 0 Å². The molecule has 5 rings (SSSR count). The van der Waals surface area contributed by atoms with Crippen LogP contribution < -0.4 is 15.5 Å². The molecule has 0 aliphatic carbocycles. The number of aryl methyl sites for hydroxylation is 1. The number of Topliss-reactive ketones (excluding diaryl/α,β-unsaturated/α-hetero) is 1. The highest BCUT2D eigenvalue weighted by Gasteiger charge is 2.19. The molecule has 9 nitrogen and oxygen atoms in total. The Labute approximate surface area is 214 Å². The summed E-state index contributed by atoms with van der Waals surface area (Å²) in [4.78, 5) is 36.4. The average Bonchev–Trinajstić information content (AvgIpc) is 3.30. The second-order valence-electron chi connectivity index (χ2n) is 8.76. The zero-order chi connectivity index (χ0) is 24.9. The van der Waals surface area contributed by atoms with E-state index >= 15 is 0 Å². The van der Waals surface area contributed by atoms with Crippen molar-refractivity contribution in [2.24, 2.45) is 0 Å². The Morgan fingerprint density at radius 1 is 0.917 bits per heavy atom. The van der Waals surface area contributed by atoms with Gasteiger partial charge in [0, 0.05) is 54.9 Å². The van der Waals surface area contributed by atoms with Crippen molar-refractivity contribution < 1.29 is 4.79 Å². The molecule has 1 aliphatic rings. The van der Waals surface area contributed by atoms with Gasteiger partial charge in [-0.25, -0.2) is 4.98 Å². The summed E-state index contributed by atoms with van der Waals surface area (Å²) in [5.74, 6) is 1.61. The quantitative estimate of drug-likeness (QED) is 0.343. The van der Waals surface area contributed by atoms with Crippen LogP contribution in [0.15, 0.2) is 60.8 Å². The van der Waals surface area contributed by atoms with Crippen molar-refractivity contribution in [2.75, 3.05) is 48.8 Å². The van der Waals surface area contributed by atoms with Crippen LogP contribution in [0.25, 0.3) is 0 Å². The monoisotopic (exact) mass is 500 g/mol. The van der Waals surface area contributed by atoms with Crippen LogP contribution in [0.1, 0.15) is 20.8 Å². The predicted molar refractivity (Wildman–Crippen MR) is 144 cm³/mol. The SMILES string of the molecule is Cc1cnc(Nc2nc(Nc3ccc(CC(=O)c4ccccc4)cc3)nc(N3CCN(C)CC3)n2)s1. The van der Waals surface area contributed by atoms with Crippen LogP contribution in [0.4, 0.5) is 28.7 Å². The second kappa shape index (κ2) is 10.8. The van der Waals surface area contributed by atoms with Gasteiger partial charge in [-0.2, -0.15) is 15.0 Å². The molecule has 0 spiro atoms. The molecule has 4 aromatic rings. The van der Waals surface area contributed by atoms with Crippen LogP contribution in [0, 0.1) is 6.92 Å². The first-order valence-corrected chi connectivity index (χ1v) is 12.7. The summed E-state index contributed by atoms with van der Waals surface area (Å²) in [7, 11) is 2.12. The third-order valence-electron chi connectivity index (χ3n) is 5.92. The zero-order valence-corrected chi connectivity index (χ0v) is 21.1. The highest BCUT2D eigenvalue weighted by Crippen LogP contribution is 2.24. The molecule has 0 bridgehead atoms. The van der Waals surface area contributed by atoms with Crippen LogP contribution in [-0.4, -0.2) is 63.8 Å². The van der Waals surface area contributed by atoms with E-state index in [4.69, 9.17) is 4.98 Å². The van der Waals surface area contributed by atoms with Crippen molar-refractivity contribution in [1.82, 2.24) is 24.8 Å². The fraction of sp³-hybridized carbons (Fsp3) is 0.269. The largest absolute Gasteiger partial charge is 0.338 e. The van der Waals surface area contributed by atoms with E-state index in [0.29, 0.717) is 24.3 Å². The molecule has 1 saturated heterocycles. The normalized spacial score (nSPS) is 14.0. The Kier molecular flexibility index (Phi) is 7.15. The molecular formula is C26H28N8OS. The maximum atomic E-state index is 12.5. The summed E-state index contributed by atoms with van der Waals surface area (Å²) in [6, 6.07) is 17.1. The van der Waals surface area contributed by atoms with Crippen LogP contribution in [-0.2, 0) is 6.42 Å². The number of nitrogens with one attached hydrogen (secondary N) is 2.